The lowest BCUT2D eigenvalue weighted by molar-refractivity contribution is -0.122. The average molecular weight is 699 g/mol. The van der Waals surface area contributed by atoms with E-state index in [2.05, 4.69) is 5.32 Å². The van der Waals surface area contributed by atoms with Crippen LogP contribution in [0.4, 0.5) is 11.4 Å². The van der Waals surface area contributed by atoms with Crippen molar-refractivity contribution in [3.8, 4) is 5.75 Å². The van der Waals surface area contributed by atoms with E-state index in [1.165, 1.54) is 42.0 Å². The first-order valence-electron chi connectivity index (χ1n) is 14.1. The van der Waals surface area contributed by atoms with Crippen LogP contribution in [0.3, 0.4) is 0 Å². The van der Waals surface area contributed by atoms with Gasteiger partial charge in [-0.15, -0.1) is 0 Å². The average Bonchev–Trinajstić information content (AvgIpc) is 3.49. The molecule has 14 heteroatoms. The molecule has 4 aromatic rings. The predicted octanol–water partition coefficient (Wildman–Crippen LogP) is 5.84. The van der Waals surface area contributed by atoms with Crippen molar-refractivity contribution < 1.29 is 28.7 Å². The predicted molar refractivity (Wildman–Crippen MR) is 177 cm³/mol. The third-order valence-corrected chi connectivity index (χ3v) is 11.0. The fourth-order valence-corrected chi connectivity index (χ4v) is 8.71. The summed E-state index contributed by atoms with van der Waals surface area (Å²) in [5, 5.41) is 2.84. The SMILES string of the molecule is CCOC(=O)c1ccc(N2C(=O)[C@H]3[C@H](c4ccccc4OC)c4sc(=O)n(CC(=O)Nc5ccc(Cl)c(Cl)c5)c4S[C@H]3C2=O)cc1. The molecule has 236 valence electrons. The Morgan fingerprint density at radius 1 is 0.957 bits per heavy atom. The number of aromatic nitrogens is 1. The van der Waals surface area contributed by atoms with Gasteiger partial charge in [0.15, 0.2) is 0 Å². The number of amides is 3. The normalized spacial score (nSPS) is 18.6. The number of methoxy groups -OCH3 is 1. The van der Waals surface area contributed by atoms with Crippen LogP contribution in [0.15, 0.2) is 76.6 Å². The van der Waals surface area contributed by atoms with Gasteiger partial charge < -0.3 is 14.8 Å². The Morgan fingerprint density at radius 3 is 2.39 bits per heavy atom. The lowest BCUT2D eigenvalue weighted by Crippen LogP contribution is -2.33. The van der Waals surface area contributed by atoms with Gasteiger partial charge in [-0.25, -0.2) is 9.69 Å². The van der Waals surface area contributed by atoms with Crippen LogP contribution in [0.5, 0.6) is 5.75 Å². The summed E-state index contributed by atoms with van der Waals surface area (Å²) in [6, 6.07) is 17.8. The maximum absolute atomic E-state index is 14.2. The lowest BCUT2D eigenvalue weighted by atomic mass is 9.82. The number of nitrogens with one attached hydrogen (secondary N) is 1. The van der Waals surface area contributed by atoms with Gasteiger partial charge in [0.05, 0.1) is 46.0 Å². The van der Waals surface area contributed by atoms with Crippen molar-refractivity contribution in [1.29, 1.82) is 0 Å². The zero-order valence-electron chi connectivity index (χ0n) is 24.3. The fraction of sp³-hybridized carbons (Fsp3) is 0.219. The molecule has 1 N–H and O–H groups in total. The van der Waals surface area contributed by atoms with Crippen molar-refractivity contribution >= 4 is 81.4 Å². The van der Waals surface area contributed by atoms with E-state index in [4.69, 9.17) is 32.7 Å². The molecule has 10 nitrogen and oxygen atoms in total. The molecule has 2 aliphatic rings. The van der Waals surface area contributed by atoms with Crippen molar-refractivity contribution in [3.63, 3.8) is 0 Å². The van der Waals surface area contributed by atoms with Crippen LogP contribution in [0.25, 0.3) is 0 Å². The molecule has 3 aromatic carbocycles. The first-order chi connectivity index (χ1) is 22.1. The number of thiazole rings is 1. The van der Waals surface area contributed by atoms with Gasteiger partial charge in [-0.2, -0.15) is 0 Å². The molecule has 3 amide bonds. The third-order valence-electron chi connectivity index (χ3n) is 7.66. The number of esters is 1. The minimum Gasteiger partial charge on any atom is -0.496 e. The molecule has 3 heterocycles. The minimum absolute atomic E-state index is 0.209. The second-order valence-electron chi connectivity index (χ2n) is 10.4. The van der Waals surface area contributed by atoms with Gasteiger partial charge in [0.1, 0.15) is 17.5 Å². The van der Waals surface area contributed by atoms with Crippen molar-refractivity contribution in [1.82, 2.24) is 4.57 Å². The van der Waals surface area contributed by atoms with Crippen LogP contribution in [-0.4, -0.2) is 47.2 Å². The number of nitrogens with zero attached hydrogens (tertiary/aromatic N) is 2. The number of carbonyl (C=O) groups is 4. The Bertz CT molecular complexity index is 1940. The Hall–Kier alpha value is -4.10. The Morgan fingerprint density at radius 2 is 1.70 bits per heavy atom. The molecule has 2 aliphatic heterocycles. The monoisotopic (exact) mass is 697 g/mol. The molecule has 1 fully saturated rings. The van der Waals surface area contributed by atoms with E-state index in [-0.39, 0.29) is 23.7 Å². The van der Waals surface area contributed by atoms with Crippen LogP contribution in [0, 0.1) is 5.92 Å². The second kappa shape index (κ2) is 13.0. The molecule has 3 atom stereocenters. The van der Waals surface area contributed by atoms with Crippen molar-refractivity contribution in [2.24, 2.45) is 5.92 Å². The van der Waals surface area contributed by atoms with Gasteiger partial charge in [0.2, 0.25) is 17.7 Å². The molecule has 0 bridgehead atoms. The fourth-order valence-electron chi connectivity index (χ4n) is 5.65. The number of benzene rings is 3. The molecule has 1 aromatic heterocycles. The van der Waals surface area contributed by atoms with Crippen molar-refractivity contribution in [3.05, 3.63) is 102 Å². The molecular weight excluding hydrogens is 673 g/mol. The summed E-state index contributed by atoms with van der Waals surface area (Å²) >= 11 is 14.1. The van der Waals surface area contributed by atoms with Gasteiger partial charge in [0, 0.05) is 22.0 Å². The van der Waals surface area contributed by atoms with Crippen LogP contribution >= 0.6 is 46.3 Å². The summed E-state index contributed by atoms with van der Waals surface area (Å²) in [5.41, 5.74) is 1.63. The number of anilines is 2. The number of para-hydroxylation sites is 1. The van der Waals surface area contributed by atoms with Gasteiger partial charge in [-0.05, 0) is 55.5 Å². The van der Waals surface area contributed by atoms with Gasteiger partial charge in [0.25, 0.3) is 0 Å². The third kappa shape index (κ3) is 5.70. The first kappa shape index (κ1) is 31.9. The minimum atomic E-state index is -0.905. The molecule has 46 heavy (non-hydrogen) atoms. The number of fused-ring (bicyclic) bond motifs is 2. The summed E-state index contributed by atoms with van der Waals surface area (Å²) in [7, 11) is 1.51. The summed E-state index contributed by atoms with van der Waals surface area (Å²) in [6.07, 6.45) is 0. The number of hydrogen-bond acceptors (Lipinski definition) is 9. The van der Waals surface area contributed by atoms with E-state index in [1.54, 1.807) is 43.3 Å². The highest BCUT2D eigenvalue weighted by Crippen LogP contribution is 2.55. The Balaban J connectivity index is 1.39. The van der Waals surface area contributed by atoms with Gasteiger partial charge in [-0.3, -0.25) is 23.7 Å². The van der Waals surface area contributed by atoms with Crippen LogP contribution < -0.4 is 19.8 Å². The van der Waals surface area contributed by atoms with Crippen LogP contribution in [0.1, 0.15) is 33.6 Å². The number of halogens is 2. The topological polar surface area (TPSA) is 124 Å². The van der Waals surface area contributed by atoms with E-state index < -0.39 is 45.6 Å². The number of thioether (sulfide) groups is 1. The number of ether oxygens (including phenoxy) is 2. The molecule has 0 aliphatic carbocycles. The van der Waals surface area contributed by atoms with Crippen LogP contribution in [-0.2, 0) is 25.7 Å². The molecule has 0 unspecified atom stereocenters. The number of imide groups is 1. The first-order valence-corrected chi connectivity index (χ1v) is 16.5. The van der Waals surface area contributed by atoms with Crippen molar-refractivity contribution in [2.75, 3.05) is 23.9 Å². The summed E-state index contributed by atoms with van der Waals surface area (Å²) in [5.74, 6) is -3.02. The Labute approximate surface area is 281 Å². The largest absolute Gasteiger partial charge is 0.496 e. The zero-order valence-corrected chi connectivity index (χ0v) is 27.5. The Kier molecular flexibility index (Phi) is 8.97. The lowest BCUT2D eigenvalue weighted by Gasteiger charge is -2.31. The highest BCUT2D eigenvalue weighted by atomic mass is 35.5. The maximum Gasteiger partial charge on any atom is 0.338 e. The van der Waals surface area contributed by atoms with Crippen LogP contribution in [0.2, 0.25) is 10.0 Å². The molecule has 0 spiro atoms. The zero-order chi connectivity index (χ0) is 32.7. The molecule has 6 rings (SSSR count). The standard InChI is InChI=1S/C32H25Cl2N3O7S2/c1-3-44-31(41)16-8-11-18(12-9-16)37-28(39)25-24(19-6-4-5-7-22(19)43-2)27-30(45-26(25)29(37)40)36(32(42)46-27)15-23(38)35-17-10-13-20(33)21(34)14-17/h4-14,24-26H,3,15H2,1-2H3,(H,35,38)/t24-,25-,26+/m0/s1. The molecular formula is C32H25Cl2N3O7S2. The van der Waals surface area contributed by atoms with Crippen molar-refractivity contribution in [2.45, 2.75) is 29.7 Å². The quantitative estimate of drug-likeness (QED) is 0.180. The van der Waals surface area contributed by atoms with E-state index in [0.717, 1.165) is 28.0 Å². The van der Waals surface area contributed by atoms with Gasteiger partial charge in [-0.1, -0.05) is 64.5 Å². The highest BCUT2D eigenvalue weighted by molar-refractivity contribution is 8.00. The summed E-state index contributed by atoms with van der Waals surface area (Å²) < 4.78 is 12.0. The summed E-state index contributed by atoms with van der Waals surface area (Å²) in [6.45, 7) is 1.57. The number of rotatable bonds is 8. The van der Waals surface area contributed by atoms with E-state index in [9.17, 15) is 24.0 Å². The smallest absolute Gasteiger partial charge is 0.338 e. The van der Waals surface area contributed by atoms with E-state index in [1.807, 2.05) is 0 Å². The maximum atomic E-state index is 14.2. The van der Waals surface area contributed by atoms with Gasteiger partial charge >= 0.3 is 10.8 Å². The second-order valence-corrected chi connectivity index (χ2v) is 13.3. The number of hydrogen-bond donors (Lipinski definition) is 1. The molecule has 0 radical (unpaired) electrons. The molecule has 1 saturated heterocycles. The number of carbonyl (C=O) groups excluding carboxylic acids is 4. The summed E-state index contributed by atoms with van der Waals surface area (Å²) in [4.78, 5) is 68.2. The molecule has 0 saturated carbocycles. The van der Waals surface area contributed by atoms with E-state index in [0.29, 0.717) is 37.6 Å². The van der Waals surface area contributed by atoms with E-state index >= 15 is 0 Å². The highest BCUT2D eigenvalue weighted by Gasteiger charge is 2.57.